The highest BCUT2D eigenvalue weighted by molar-refractivity contribution is 7.99. The normalized spacial score (nSPS) is 14.4. The second kappa shape index (κ2) is 6.49. The van der Waals surface area contributed by atoms with E-state index in [2.05, 4.69) is 72.1 Å². The molecule has 2 aliphatic heterocycles. The van der Waals surface area contributed by atoms with E-state index in [1.807, 2.05) is 17.8 Å². The first kappa shape index (κ1) is 13.1. The number of hydrogen-bond acceptors (Lipinski definition) is 2. The maximum Gasteiger partial charge on any atom is 0.0416 e. The number of benzene rings is 2. The van der Waals surface area contributed by atoms with Gasteiger partial charge in [-0.2, -0.15) is 0 Å². The number of anilines is 1. The summed E-state index contributed by atoms with van der Waals surface area (Å²) in [4.78, 5) is 1.41. The molecule has 100 valence electrons. The molecule has 2 aliphatic rings. The Kier molecular flexibility index (Phi) is 4.24. The van der Waals surface area contributed by atoms with Gasteiger partial charge in [0.15, 0.2) is 0 Å². The zero-order chi connectivity index (χ0) is 13.6. The van der Waals surface area contributed by atoms with Gasteiger partial charge in [0.2, 0.25) is 0 Å². The van der Waals surface area contributed by atoms with Gasteiger partial charge in [-0.25, -0.2) is 0 Å². The van der Waals surface area contributed by atoms with Crippen molar-refractivity contribution in [2.75, 3.05) is 17.6 Å². The van der Waals surface area contributed by atoms with Crippen LogP contribution in [0, 0.1) is 0 Å². The SMILES string of the molecule is C1=Cc2ccccc2NC1.C1=Cc2ccccc2SC1. The van der Waals surface area contributed by atoms with E-state index in [0.717, 1.165) is 12.3 Å². The van der Waals surface area contributed by atoms with Gasteiger partial charge in [-0.1, -0.05) is 60.7 Å². The molecule has 20 heavy (non-hydrogen) atoms. The summed E-state index contributed by atoms with van der Waals surface area (Å²) in [5.74, 6) is 1.12. The number of rotatable bonds is 0. The first-order chi connectivity index (χ1) is 9.93. The first-order valence-corrected chi connectivity index (χ1v) is 7.80. The van der Waals surface area contributed by atoms with Crippen molar-refractivity contribution in [2.24, 2.45) is 0 Å². The number of para-hydroxylation sites is 1. The molecule has 2 aromatic rings. The number of nitrogens with one attached hydrogen (secondary N) is 1. The lowest BCUT2D eigenvalue weighted by molar-refractivity contribution is 1.31. The monoisotopic (exact) mass is 279 g/mol. The third-order valence-corrected chi connectivity index (χ3v) is 4.26. The van der Waals surface area contributed by atoms with Crippen molar-refractivity contribution in [2.45, 2.75) is 4.90 Å². The molecule has 0 saturated carbocycles. The predicted molar refractivity (Wildman–Crippen MR) is 90.2 cm³/mol. The molecule has 0 atom stereocenters. The minimum Gasteiger partial charge on any atom is -0.381 e. The quantitative estimate of drug-likeness (QED) is 0.733. The van der Waals surface area contributed by atoms with Crippen LogP contribution in [0.2, 0.25) is 0 Å². The molecule has 4 rings (SSSR count). The van der Waals surface area contributed by atoms with Crippen LogP contribution in [0.3, 0.4) is 0 Å². The Morgan fingerprint density at radius 2 is 1.55 bits per heavy atom. The van der Waals surface area contributed by atoms with Crippen molar-refractivity contribution in [3.8, 4) is 0 Å². The van der Waals surface area contributed by atoms with Crippen molar-refractivity contribution in [1.82, 2.24) is 0 Å². The van der Waals surface area contributed by atoms with Gasteiger partial charge in [0.1, 0.15) is 0 Å². The van der Waals surface area contributed by atoms with Crippen LogP contribution in [-0.4, -0.2) is 12.3 Å². The summed E-state index contributed by atoms with van der Waals surface area (Å²) in [5, 5.41) is 3.28. The molecule has 0 aliphatic carbocycles. The van der Waals surface area contributed by atoms with Gasteiger partial charge in [0.25, 0.3) is 0 Å². The summed E-state index contributed by atoms with van der Waals surface area (Å²) in [6.45, 7) is 0.955. The fourth-order valence-corrected chi connectivity index (χ4v) is 3.07. The van der Waals surface area contributed by atoms with Crippen LogP contribution in [0.5, 0.6) is 0 Å². The summed E-state index contributed by atoms with van der Waals surface area (Å²) in [6, 6.07) is 16.8. The van der Waals surface area contributed by atoms with Gasteiger partial charge < -0.3 is 5.32 Å². The minimum atomic E-state index is 0.955. The maximum absolute atomic E-state index is 3.28. The molecule has 0 aromatic heterocycles. The van der Waals surface area contributed by atoms with Crippen molar-refractivity contribution in [3.05, 3.63) is 71.8 Å². The molecule has 0 unspecified atom stereocenters. The zero-order valence-corrected chi connectivity index (χ0v) is 12.1. The molecule has 2 aromatic carbocycles. The van der Waals surface area contributed by atoms with E-state index in [-0.39, 0.29) is 0 Å². The number of thioether (sulfide) groups is 1. The molecule has 0 fully saturated rings. The highest BCUT2D eigenvalue weighted by atomic mass is 32.2. The molecule has 0 bridgehead atoms. The molecular weight excluding hydrogens is 262 g/mol. The van der Waals surface area contributed by atoms with Crippen LogP contribution in [0.25, 0.3) is 12.2 Å². The van der Waals surface area contributed by atoms with E-state index in [1.54, 1.807) is 0 Å². The summed E-state index contributed by atoms with van der Waals surface area (Å²) >= 11 is 1.90. The summed E-state index contributed by atoms with van der Waals surface area (Å²) in [5.41, 5.74) is 3.89. The summed E-state index contributed by atoms with van der Waals surface area (Å²) in [7, 11) is 0. The average molecular weight is 279 g/mol. The lowest BCUT2D eigenvalue weighted by Gasteiger charge is -2.11. The van der Waals surface area contributed by atoms with Crippen LogP contribution in [-0.2, 0) is 0 Å². The molecule has 0 radical (unpaired) electrons. The van der Waals surface area contributed by atoms with Gasteiger partial charge in [-0.05, 0) is 23.3 Å². The summed E-state index contributed by atoms with van der Waals surface area (Å²) < 4.78 is 0. The second-order valence-corrected chi connectivity index (χ2v) is 5.68. The van der Waals surface area contributed by atoms with Gasteiger partial charge in [0, 0.05) is 22.9 Å². The molecule has 1 N–H and O–H groups in total. The highest BCUT2D eigenvalue weighted by Crippen LogP contribution is 2.27. The van der Waals surface area contributed by atoms with Crippen molar-refractivity contribution >= 4 is 29.6 Å². The van der Waals surface area contributed by atoms with E-state index in [1.165, 1.54) is 21.7 Å². The number of fused-ring (bicyclic) bond motifs is 2. The Morgan fingerprint density at radius 1 is 0.800 bits per heavy atom. The van der Waals surface area contributed by atoms with Gasteiger partial charge in [0.05, 0.1) is 0 Å². The Labute approximate surface area is 124 Å². The molecule has 0 spiro atoms. The second-order valence-electron chi connectivity index (χ2n) is 4.62. The minimum absolute atomic E-state index is 0.955. The first-order valence-electron chi connectivity index (χ1n) is 6.81. The van der Waals surface area contributed by atoms with Crippen molar-refractivity contribution < 1.29 is 0 Å². The zero-order valence-electron chi connectivity index (χ0n) is 11.3. The topological polar surface area (TPSA) is 12.0 Å². The summed E-state index contributed by atoms with van der Waals surface area (Å²) in [6.07, 6.45) is 8.66. The molecule has 2 heterocycles. The Bertz CT molecular complexity index is 586. The largest absolute Gasteiger partial charge is 0.381 e. The Balaban J connectivity index is 0.000000121. The van der Waals surface area contributed by atoms with Crippen LogP contribution < -0.4 is 5.32 Å². The lowest BCUT2D eigenvalue weighted by Crippen LogP contribution is -2.03. The molecule has 1 nitrogen and oxygen atoms in total. The van der Waals surface area contributed by atoms with Crippen LogP contribution in [0.4, 0.5) is 5.69 Å². The van der Waals surface area contributed by atoms with Gasteiger partial charge >= 0.3 is 0 Å². The van der Waals surface area contributed by atoms with Crippen LogP contribution >= 0.6 is 11.8 Å². The van der Waals surface area contributed by atoms with E-state index in [4.69, 9.17) is 0 Å². The highest BCUT2D eigenvalue weighted by Gasteiger charge is 2.01. The molecule has 2 heteroatoms. The molecule has 0 saturated heterocycles. The number of hydrogen-bond donors (Lipinski definition) is 1. The lowest BCUT2D eigenvalue weighted by atomic mass is 10.1. The van der Waals surface area contributed by atoms with Gasteiger partial charge in [-0.3, -0.25) is 0 Å². The van der Waals surface area contributed by atoms with E-state index in [0.29, 0.717) is 0 Å². The standard InChI is InChI=1S/C9H9N.C9H8S/c2*1-2-6-9-8(4-1)5-3-7-10-9/h1-6,10H,7H2;1-6H,7H2. The smallest absolute Gasteiger partial charge is 0.0416 e. The molecule has 0 amide bonds. The van der Waals surface area contributed by atoms with E-state index < -0.39 is 0 Å². The fraction of sp³-hybridized carbons (Fsp3) is 0.111. The Morgan fingerprint density at radius 3 is 2.40 bits per heavy atom. The average Bonchev–Trinajstić information content (AvgIpc) is 2.56. The van der Waals surface area contributed by atoms with E-state index >= 15 is 0 Å². The van der Waals surface area contributed by atoms with Gasteiger partial charge in [-0.15, -0.1) is 11.8 Å². The fourth-order valence-electron chi connectivity index (χ4n) is 2.22. The molecular formula is C18H17NS. The van der Waals surface area contributed by atoms with E-state index in [9.17, 15) is 0 Å². The Hall–Kier alpha value is -1.93. The third kappa shape index (κ3) is 3.14. The van der Waals surface area contributed by atoms with Crippen LogP contribution in [0.1, 0.15) is 11.1 Å². The van der Waals surface area contributed by atoms with Crippen LogP contribution in [0.15, 0.2) is 65.6 Å². The predicted octanol–water partition coefficient (Wildman–Crippen LogP) is 4.93. The maximum atomic E-state index is 3.28. The van der Waals surface area contributed by atoms with Crippen molar-refractivity contribution in [3.63, 3.8) is 0 Å². The third-order valence-electron chi connectivity index (χ3n) is 3.22. The van der Waals surface area contributed by atoms with Crippen molar-refractivity contribution in [1.29, 1.82) is 0 Å².